The Morgan fingerprint density at radius 2 is 2.32 bits per heavy atom. The summed E-state index contributed by atoms with van der Waals surface area (Å²) in [6, 6.07) is 4.64. The summed E-state index contributed by atoms with van der Waals surface area (Å²) in [5, 5.41) is 12.6. The number of amides is 1. The Morgan fingerprint density at radius 1 is 1.53 bits per heavy atom. The van der Waals surface area contributed by atoms with Crippen molar-refractivity contribution in [2.75, 3.05) is 13.7 Å². The Kier molecular flexibility index (Phi) is 4.69. The fraction of sp³-hybridized carbons (Fsp3) is 0.500. The maximum atomic E-state index is 12.1. The highest BCUT2D eigenvalue weighted by molar-refractivity contribution is 9.09. The zero-order valence-electron chi connectivity index (χ0n) is 10.9. The van der Waals surface area contributed by atoms with Crippen LogP contribution in [0.15, 0.2) is 18.2 Å². The van der Waals surface area contributed by atoms with Crippen molar-refractivity contribution >= 4 is 21.8 Å². The fourth-order valence-electron chi connectivity index (χ4n) is 2.36. The van der Waals surface area contributed by atoms with Crippen LogP contribution in [0.4, 0.5) is 0 Å². The Bertz CT molecular complexity index is 464. The second-order valence-electron chi connectivity index (χ2n) is 4.80. The number of benzene rings is 1. The first-order chi connectivity index (χ1) is 9.11. The predicted octanol–water partition coefficient (Wildman–Crippen LogP) is 2.69. The smallest absolute Gasteiger partial charge is 0.255 e. The number of ether oxygens (including phenoxy) is 1. The van der Waals surface area contributed by atoms with Crippen molar-refractivity contribution in [1.29, 1.82) is 0 Å². The summed E-state index contributed by atoms with van der Waals surface area (Å²) in [6.07, 6.45) is 3.48. The summed E-state index contributed by atoms with van der Waals surface area (Å²) < 4.78 is 5.06. The van der Waals surface area contributed by atoms with E-state index < -0.39 is 0 Å². The van der Waals surface area contributed by atoms with Gasteiger partial charge in [0.25, 0.3) is 5.91 Å². The van der Waals surface area contributed by atoms with Gasteiger partial charge in [0.15, 0.2) is 0 Å². The van der Waals surface area contributed by atoms with Gasteiger partial charge in [0, 0.05) is 11.4 Å². The molecule has 1 aliphatic carbocycles. The van der Waals surface area contributed by atoms with Gasteiger partial charge in [0.05, 0.1) is 12.7 Å². The second kappa shape index (κ2) is 6.28. The molecule has 5 heteroatoms. The van der Waals surface area contributed by atoms with E-state index in [0.717, 1.165) is 12.8 Å². The van der Waals surface area contributed by atoms with Gasteiger partial charge in [-0.1, -0.05) is 22.4 Å². The van der Waals surface area contributed by atoms with Crippen LogP contribution in [0.3, 0.4) is 0 Å². The molecule has 1 amide bonds. The Labute approximate surface area is 121 Å². The van der Waals surface area contributed by atoms with Crippen molar-refractivity contribution in [2.45, 2.75) is 24.1 Å². The van der Waals surface area contributed by atoms with Gasteiger partial charge in [-0.25, -0.2) is 0 Å². The van der Waals surface area contributed by atoms with Crippen LogP contribution in [0.1, 0.15) is 29.6 Å². The number of carbonyl (C=O) groups is 1. The number of alkyl halides is 1. The lowest BCUT2D eigenvalue weighted by Gasteiger charge is -2.15. The molecule has 0 bridgehead atoms. The molecule has 0 saturated heterocycles. The van der Waals surface area contributed by atoms with Crippen LogP contribution in [-0.4, -0.2) is 29.5 Å². The Balaban J connectivity index is 1.99. The number of methoxy groups -OCH3 is 1. The first kappa shape index (κ1) is 14.2. The number of halogens is 1. The van der Waals surface area contributed by atoms with Crippen LogP contribution in [0, 0.1) is 5.92 Å². The van der Waals surface area contributed by atoms with E-state index in [1.807, 2.05) is 0 Å². The standard InChI is InChI=1S/C14H18BrNO3/c1-19-10-5-6-13(17)11(7-10)14(18)16-8-9-3-2-4-12(9)15/h5-7,9,12,17H,2-4,8H2,1H3,(H,16,18). The summed E-state index contributed by atoms with van der Waals surface area (Å²) in [5.41, 5.74) is 0.253. The minimum absolute atomic E-state index is 0.0277. The number of hydrogen-bond acceptors (Lipinski definition) is 3. The number of rotatable bonds is 4. The number of carbonyl (C=O) groups excluding carboxylic acids is 1. The monoisotopic (exact) mass is 327 g/mol. The molecule has 0 heterocycles. The van der Waals surface area contributed by atoms with E-state index in [1.54, 1.807) is 12.1 Å². The van der Waals surface area contributed by atoms with Crippen molar-refractivity contribution in [2.24, 2.45) is 5.92 Å². The molecule has 1 fully saturated rings. The molecule has 2 rings (SSSR count). The topological polar surface area (TPSA) is 58.6 Å². The molecule has 0 radical (unpaired) electrons. The lowest BCUT2D eigenvalue weighted by Crippen LogP contribution is -2.31. The van der Waals surface area contributed by atoms with Gasteiger partial charge in [0.1, 0.15) is 11.5 Å². The third kappa shape index (κ3) is 3.41. The molecule has 0 spiro atoms. The lowest BCUT2D eigenvalue weighted by molar-refractivity contribution is 0.0945. The molecule has 1 aromatic carbocycles. The molecular weight excluding hydrogens is 310 g/mol. The first-order valence-electron chi connectivity index (χ1n) is 6.41. The van der Waals surface area contributed by atoms with Gasteiger partial charge in [-0.3, -0.25) is 4.79 Å². The van der Waals surface area contributed by atoms with Gasteiger partial charge >= 0.3 is 0 Å². The summed E-state index contributed by atoms with van der Waals surface area (Å²) >= 11 is 3.63. The second-order valence-corrected chi connectivity index (χ2v) is 5.98. The molecule has 4 nitrogen and oxygen atoms in total. The van der Waals surface area contributed by atoms with Crippen molar-refractivity contribution in [3.8, 4) is 11.5 Å². The van der Waals surface area contributed by atoms with Gasteiger partial charge in [0.2, 0.25) is 0 Å². The number of phenols is 1. The van der Waals surface area contributed by atoms with Gasteiger partial charge in [-0.2, -0.15) is 0 Å². The van der Waals surface area contributed by atoms with Gasteiger partial charge < -0.3 is 15.2 Å². The number of hydrogen-bond donors (Lipinski definition) is 2. The summed E-state index contributed by atoms with van der Waals surface area (Å²) in [5.74, 6) is 0.738. The quantitative estimate of drug-likeness (QED) is 0.836. The Hall–Kier alpha value is -1.23. The highest BCUT2D eigenvalue weighted by Crippen LogP contribution is 2.31. The number of phenolic OH excluding ortho intramolecular Hbond substituents is 1. The normalized spacial score (nSPS) is 22.2. The zero-order chi connectivity index (χ0) is 13.8. The van der Waals surface area contributed by atoms with E-state index in [-0.39, 0.29) is 17.2 Å². The maximum absolute atomic E-state index is 12.1. The third-order valence-corrected chi connectivity index (χ3v) is 4.74. The maximum Gasteiger partial charge on any atom is 0.255 e. The van der Waals surface area contributed by atoms with E-state index in [0.29, 0.717) is 23.0 Å². The van der Waals surface area contributed by atoms with Gasteiger partial charge in [-0.15, -0.1) is 0 Å². The highest BCUT2D eigenvalue weighted by atomic mass is 79.9. The van der Waals surface area contributed by atoms with Gasteiger partial charge in [-0.05, 0) is 37.0 Å². The van der Waals surface area contributed by atoms with E-state index in [2.05, 4.69) is 21.2 Å². The molecule has 1 aromatic rings. The average Bonchev–Trinajstić information content (AvgIpc) is 2.82. The molecule has 2 atom stereocenters. The minimum Gasteiger partial charge on any atom is -0.507 e. The van der Waals surface area contributed by atoms with E-state index in [4.69, 9.17) is 4.74 Å². The largest absolute Gasteiger partial charge is 0.507 e. The minimum atomic E-state index is -0.261. The fourth-order valence-corrected chi connectivity index (χ4v) is 3.14. The predicted molar refractivity (Wildman–Crippen MR) is 77.0 cm³/mol. The molecule has 0 aliphatic heterocycles. The van der Waals surface area contributed by atoms with Crippen molar-refractivity contribution in [3.05, 3.63) is 23.8 Å². The molecule has 1 saturated carbocycles. The molecular formula is C14H18BrNO3. The average molecular weight is 328 g/mol. The number of aromatic hydroxyl groups is 1. The van der Waals surface area contributed by atoms with Crippen LogP contribution in [0.5, 0.6) is 11.5 Å². The molecule has 2 N–H and O–H groups in total. The first-order valence-corrected chi connectivity index (χ1v) is 7.32. The summed E-state index contributed by atoms with van der Waals surface area (Å²) in [6.45, 7) is 0.630. The number of nitrogens with one attached hydrogen (secondary N) is 1. The zero-order valence-corrected chi connectivity index (χ0v) is 12.4. The Morgan fingerprint density at radius 3 is 2.95 bits per heavy atom. The van der Waals surface area contributed by atoms with Crippen LogP contribution < -0.4 is 10.1 Å². The van der Waals surface area contributed by atoms with Crippen LogP contribution in [0.25, 0.3) is 0 Å². The van der Waals surface area contributed by atoms with E-state index in [1.165, 1.54) is 19.6 Å². The van der Waals surface area contributed by atoms with Crippen LogP contribution in [-0.2, 0) is 0 Å². The van der Waals surface area contributed by atoms with E-state index >= 15 is 0 Å². The van der Waals surface area contributed by atoms with E-state index in [9.17, 15) is 9.90 Å². The van der Waals surface area contributed by atoms with Crippen molar-refractivity contribution in [3.63, 3.8) is 0 Å². The molecule has 2 unspecified atom stereocenters. The molecule has 1 aliphatic rings. The third-order valence-electron chi connectivity index (χ3n) is 3.54. The summed E-state index contributed by atoms with van der Waals surface area (Å²) in [4.78, 5) is 12.5. The van der Waals surface area contributed by atoms with Crippen molar-refractivity contribution in [1.82, 2.24) is 5.32 Å². The SMILES string of the molecule is COc1ccc(O)c(C(=O)NCC2CCCC2Br)c1. The molecule has 19 heavy (non-hydrogen) atoms. The van der Waals surface area contributed by atoms with Crippen LogP contribution >= 0.6 is 15.9 Å². The lowest BCUT2D eigenvalue weighted by atomic mass is 10.1. The molecule has 0 aromatic heterocycles. The van der Waals surface area contributed by atoms with Crippen LogP contribution in [0.2, 0.25) is 0 Å². The highest BCUT2D eigenvalue weighted by Gasteiger charge is 2.25. The molecule has 104 valence electrons. The van der Waals surface area contributed by atoms with Crippen molar-refractivity contribution < 1.29 is 14.6 Å². The summed E-state index contributed by atoms with van der Waals surface area (Å²) in [7, 11) is 1.53.